The number of rotatable bonds is 5. The van der Waals surface area contributed by atoms with Crippen molar-refractivity contribution in [3.8, 4) is 11.5 Å². The Hall–Kier alpha value is -2.32. The molecule has 0 aliphatic carbocycles. The third-order valence-electron chi connectivity index (χ3n) is 4.89. The molecule has 1 aliphatic rings. The summed E-state index contributed by atoms with van der Waals surface area (Å²) in [4.78, 5) is 23.9. The van der Waals surface area contributed by atoms with Crippen LogP contribution in [0.1, 0.15) is 34.8 Å². The van der Waals surface area contributed by atoms with Crippen molar-refractivity contribution in [1.82, 2.24) is 15.3 Å². The topological polar surface area (TPSA) is 73.3 Å². The molecule has 152 valence electrons. The van der Waals surface area contributed by atoms with E-state index in [-0.39, 0.29) is 11.9 Å². The molecule has 0 bridgehead atoms. The van der Waals surface area contributed by atoms with Gasteiger partial charge in [-0.25, -0.2) is 9.97 Å². The van der Waals surface area contributed by atoms with Gasteiger partial charge < -0.3 is 14.8 Å². The molecule has 2 aromatic heterocycles. The number of hydrogen-bond donors (Lipinski definition) is 1. The van der Waals surface area contributed by atoms with Gasteiger partial charge >= 0.3 is 0 Å². The number of carbonyl (C=O) groups is 1. The molecular weight excluding hydrogens is 406 g/mol. The molecule has 1 aromatic carbocycles. The Morgan fingerprint density at radius 3 is 2.76 bits per heavy atom. The van der Waals surface area contributed by atoms with Gasteiger partial charge in [0.2, 0.25) is 5.91 Å². The monoisotopic (exact) mass is 429 g/mol. The predicted molar refractivity (Wildman–Crippen MR) is 116 cm³/mol. The molecule has 1 amide bonds. The van der Waals surface area contributed by atoms with Crippen LogP contribution >= 0.6 is 23.1 Å². The van der Waals surface area contributed by atoms with Crippen LogP contribution in [0.2, 0.25) is 0 Å². The van der Waals surface area contributed by atoms with Crippen LogP contribution in [0.3, 0.4) is 0 Å². The zero-order valence-corrected chi connectivity index (χ0v) is 18.5. The molecule has 3 heterocycles. The number of ether oxygens (including phenoxy) is 2. The molecule has 4 rings (SSSR count). The van der Waals surface area contributed by atoms with Crippen LogP contribution in [0, 0.1) is 20.8 Å². The van der Waals surface area contributed by atoms with E-state index >= 15 is 0 Å². The van der Waals surface area contributed by atoms with Crippen molar-refractivity contribution >= 4 is 39.2 Å². The van der Waals surface area contributed by atoms with Crippen molar-refractivity contribution in [1.29, 1.82) is 0 Å². The van der Waals surface area contributed by atoms with Crippen LogP contribution in [0.15, 0.2) is 23.2 Å². The quantitative estimate of drug-likeness (QED) is 0.480. The van der Waals surface area contributed by atoms with E-state index in [9.17, 15) is 4.79 Å². The third-order valence-corrected chi connectivity index (χ3v) is 6.97. The van der Waals surface area contributed by atoms with Crippen molar-refractivity contribution in [3.63, 3.8) is 0 Å². The van der Waals surface area contributed by atoms with Gasteiger partial charge in [0.25, 0.3) is 0 Å². The average molecular weight is 430 g/mol. The molecule has 0 saturated heterocycles. The van der Waals surface area contributed by atoms with Crippen molar-refractivity contribution in [2.45, 2.75) is 38.8 Å². The van der Waals surface area contributed by atoms with Gasteiger partial charge in [0.1, 0.15) is 28.9 Å². The summed E-state index contributed by atoms with van der Waals surface area (Å²) in [7, 11) is 0. The van der Waals surface area contributed by atoms with E-state index in [0.717, 1.165) is 38.1 Å². The first-order valence-electron chi connectivity index (χ1n) is 9.48. The number of thioether (sulfide) groups is 1. The minimum Gasteiger partial charge on any atom is -0.486 e. The van der Waals surface area contributed by atoms with Crippen molar-refractivity contribution in [3.05, 3.63) is 40.0 Å². The number of fused-ring (bicyclic) bond motifs is 2. The smallest absolute Gasteiger partial charge is 0.230 e. The van der Waals surface area contributed by atoms with Gasteiger partial charge in [0.15, 0.2) is 11.5 Å². The summed E-state index contributed by atoms with van der Waals surface area (Å²) in [5.41, 5.74) is 2.18. The SMILES string of the molecule is Cc1nc(SCC(=O)N[C@H](C)c2ccc3c(c2)OCCO3)c2c(C)c(C)sc2n1. The summed E-state index contributed by atoms with van der Waals surface area (Å²) in [5, 5.41) is 5.00. The summed E-state index contributed by atoms with van der Waals surface area (Å²) < 4.78 is 11.2. The first kappa shape index (κ1) is 20.0. The lowest BCUT2D eigenvalue weighted by Crippen LogP contribution is -2.28. The van der Waals surface area contributed by atoms with Gasteiger partial charge in [-0.1, -0.05) is 17.8 Å². The van der Waals surface area contributed by atoms with Crippen LogP contribution < -0.4 is 14.8 Å². The molecule has 29 heavy (non-hydrogen) atoms. The summed E-state index contributed by atoms with van der Waals surface area (Å²) in [6.07, 6.45) is 0. The maximum Gasteiger partial charge on any atom is 0.230 e. The number of carbonyl (C=O) groups excluding carboxylic acids is 1. The second-order valence-corrected chi connectivity index (χ2v) is 9.19. The number of nitrogens with one attached hydrogen (secondary N) is 1. The van der Waals surface area contributed by atoms with E-state index in [1.165, 1.54) is 22.2 Å². The Morgan fingerprint density at radius 1 is 1.21 bits per heavy atom. The minimum absolute atomic E-state index is 0.0357. The third kappa shape index (κ3) is 4.18. The van der Waals surface area contributed by atoms with Crippen LogP contribution in [0.25, 0.3) is 10.2 Å². The standard InChI is InChI=1S/C21H23N3O3S2/c1-11-13(3)29-21-19(11)20(23-14(4)24-21)28-10-18(25)22-12(2)15-5-6-16-17(9-15)27-8-7-26-16/h5-6,9,12H,7-8,10H2,1-4H3,(H,22,25)/t12-/m1/s1. The fraction of sp³-hybridized carbons (Fsp3) is 0.381. The number of nitrogens with zero attached hydrogens (tertiary/aromatic N) is 2. The summed E-state index contributed by atoms with van der Waals surface area (Å²) in [5.74, 6) is 2.47. The summed E-state index contributed by atoms with van der Waals surface area (Å²) in [6.45, 7) is 9.14. The highest BCUT2D eigenvalue weighted by atomic mass is 32.2. The minimum atomic E-state index is -0.129. The van der Waals surface area contributed by atoms with E-state index in [2.05, 4.69) is 29.1 Å². The van der Waals surface area contributed by atoms with Crippen LogP contribution in [-0.2, 0) is 4.79 Å². The molecular formula is C21H23N3O3S2. The first-order valence-corrected chi connectivity index (χ1v) is 11.3. The Labute approximate surface area is 178 Å². The molecule has 0 spiro atoms. The van der Waals surface area contributed by atoms with Crippen LogP contribution in [0.5, 0.6) is 11.5 Å². The Kier molecular flexibility index (Phi) is 5.65. The lowest BCUT2D eigenvalue weighted by molar-refractivity contribution is -0.119. The van der Waals surface area contributed by atoms with Crippen LogP contribution in [-0.4, -0.2) is 34.8 Å². The van der Waals surface area contributed by atoms with E-state index in [0.29, 0.717) is 19.0 Å². The van der Waals surface area contributed by atoms with Gasteiger partial charge in [-0.2, -0.15) is 0 Å². The molecule has 8 heteroatoms. The second kappa shape index (κ2) is 8.20. The maximum absolute atomic E-state index is 12.6. The fourth-order valence-corrected chi connectivity index (χ4v) is 5.33. The predicted octanol–water partition coefficient (Wildman–Crippen LogP) is 4.36. The van der Waals surface area contributed by atoms with Gasteiger partial charge in [0.05, 0.1) is 11.8 Å². The zero-order valence-electron chi connectivity index (χ0n) is 16.9. The number of aryl methyl sites for hydroxylation is 3. The number of aromatic nitrogens is 2. The summed E-state index contributed by atoms with van der Waals surface area (Å²) >= 11 is 3.13. The normalized spacial score (nSPS) is 14.1. The molecule has 0 radical (unpaired) electrons. The van der Waals surface area contributed by atoms with E-state index < -0.39 is 0 Å². The van der Waals surface area contributed by atoms with E-state index in [4.69, 9.17) is 9.47 Å². The molecule has 0 unspecified atom stereocenters. The Balaban J connectivity index is 1.43. The zero-order chi connectivity index (χ0) is 20.5. The van der Waals surface area contributed by atoms with Gasteiger partial charge in [-0.15, -0.1) is 11.3 Å². The lowest BCUT2D eigenvalue weighted by Gasteiger charge is -2.21. The van der Waals surface area contributed by atoms with Crippen LogP contribution in [0.4, 0.5) is 0 Å². The van der Waals surface area contributed by atoms with Gasteiger partial charge in [-0.3, -0.25) is 4.79 Å². The van der Waals surface area contributed by atoms with Crippen molar-refractivity contribution in [2.24, 2.45) is 0 Å². The highest BCUT2D eigenvalue weighted by molar-refractivity contribution is 8.00. The van der Waals surface area contributed by atoms with E-state index in [1.54, 1.807) is 11.3 Å². The molecule has 0 fully saturated rings. The van der Waals surface area contributed by atoms with Crippen molar-refractivity contribution < 1.29 is 14.3 Å². The van der Waals surface area contributed by atoms with Gasteiger partial charge in [-0.05, 0) is 51.0 Å². The molecule has 1 N–H and O–H groups in total. The molecule has 3 aromatic rings. The van der Waals surface area contributed by atoms with E-state index in [1.807, 2.05) is 32.0 Å². The molecule has 6 nitrogen and oxygen atoms in total. The molecule has 1 atom stereocenters. The first-order chi connectivity index (χ1) is 13.9. The van der Waals surface area contributed by atoms with Gasteiger partial charge in [0, 0.05) is 10.3 Å². The average Bonchev–Trinajstić information content (AvgIpc) is 2.99. The maximum atomic E-state index is 12.6. The Morgan fingerprint density at radius 2 is 1.97 bits per heavy atom. The fourth-order valence-electron chi connectivity index (χ4n) is 3.25. The molecule has 1 aliphatic heterocycles. The lowest BCUT2D eigenvalue weighted by atomic mass is 10.1. The number of amides is 1. The summed E-state index contributed by atoms with van der Waals surface area (Å²) in [6, 6.07) is 5.65. The Bertz CT molecular complexity index is 1080. The number of thiophene rings is 1. The highest BCUT2D eigenvalue weighted by Crippen LogP contribution is 2.35. The number of benzene rings is 1. The van der Waals surface area contributed by atoms with Crippen molar-refractivity contribution in [2.75, 3.05) is 19.0 Å². The molecule has 0 saturated carbocycles. The number of hydrogen-bond acceptors (Lipinski definition) is 7. The highest BCUT2D eigenvalue weighted by Gasteiger charge is 2.18. The largest absolute Gasteiger partial charge is 0.486 e. The second-order valence-electron chi connectivity index (χ2n) is 7.02.